The number of likely N-dealkylation sites (tertiary alicyclic amines) is 1. The van der Waals surface area contributed by atoms with Gasteiger partial charge in [0.25, 0.3) is 0 Å². The molecule has 7 nitrogen and oxygen atoms in total. The Morgan fingerprint density at radius 1 is 1.27 bits per heavy atom. The smallest absolute Gasteiger partial charge is 0.317 e. The third-order valence-electron chi connectivity index (χ3n) is 5.30. The fourth-order valence-electron chi connectivity index (χ4n) is 3.76. The van der Waals surface area contributed by atoms with Crippen molar-refractivity contribution in [3.05, 3.63) is 24.4 Å². The van der Waals surface area contributed by atoms with Crippen LogP contribution >= 0.6 is 0 Å². The van der Waals surface area contributed by atoms with Gasteiger partial charge in [-0.25, -0.2) is 9.78 Å². The number of aromatic nitrogens is 1. The number of amides is 2. The monoisotopic (exact) mass is 361 g/mol. The van der Waals surface area contributed by atoms with Crippen molar-refractivity contribution in [1.82, 2.24) is 20.1 Å². The molecule has 1 aromatic rings. The lowest BCUT2D eigenvalue weighted by atomic mass is 9.98. The van der Waals surface area contributed by atoms with Crippen LogP contribution in [0.15, 0.2) is 24.4 Å². The normalized spacial score (nSPS) is 21.7. The van der Waals surface area contributed by atoms with E-state index in [9.17, 15) is 4.79 Å². The minimum absolute atomic E-state index is 0.0692. The Morgan fingerprint density at radius 2 is 2.12 bits per heavy atom. The summed E-state index contributed by atoms with van der Waals surface area (Å²) in [5.41, 5.74) is 0. The van der Waals surface area contributed by atoms with Crippen LogP contribution in [0.5, 0.6) is 0 Å². The zero-order chi connectivity index (χ0) is 18.2. The Hall–Kier alpha value is -1.86. The van der Waals surface area contributed by atoms with E-state index in [1.165, 1.54) is 12.8 Å². The predicted octanol–water partition coefficient (Wildman–Crippen LogP) is 1.27. The number of ether oxygens (including phenoxy) is 1. The molecule has 1 atom stereocenters. The van der Waals surface area contributed by atoms with E-state index >= 15 is 0 Å². The van der Waals surface area contributed by atoms with Gasteiger partial charge in [0, 0.05) is 59.1 Å². The van der Waals surface area contributed by atoms with Crippen LogP contribution in [0.25, 0.3) is 0 Å². The van der Waals surface area contributed by atoms with Crippen LogP contribution in [0.2, 0.25) is 0 Å². The Bertz CT molecular complexity index is 548. The summed E-state index contributed by atoms with van der Waals surface area (Å²) >= 11 is 0. The van der Waals surface area contributed by atoms with E-state index in [1.54, 1.807) is 7.11 Å². The van der Waals surface area contributed by atoms with Gasteiger partial charge in [0.15, 0.2) is 0 Å². The Labute approximate surface area is 156 Å². The Morgan fingerprint density at radius 3 is 2.85 bits per heavy atom. The number of nitrogens with one attached hydrogen (secondary N) is 1. The summed E-state index contributed by atoms with van der Waals surface area (Å²) in [7, 11) is 1.75. The number of piperazine rings is 1. The van der Waals surface area contributed by atoms with Gasteiger partial charge in [-0.1, -0.05) is 6.07 Å². The lowest BCUT2D eigenvalue weighted by Crippen LogP contribution is -2.53. The van der Waals surface area contributed by atoms with E-state index in [0.29, 0.717) is 5.92 Å². The first-order valence-electron chi connectivity index (χ1n) is 9.66. The van der Waals surface area contributed by atoms with Gasteiger partial charge < -0.3 is 24.8 Å². The Balaban J connectivity index is 1.38. The van der Waals surface area contributed by atoms with Crippen LogP contribution in [0, 0.1) is 5.92 Å². The van der Waals surface area contributed by atoms with Crippen LogP contribution in [0.1, 0.15) is 12.8 Å². The summed E-state index contributed by atoms with van der Waals surface area (Å²) in [5, 5.41) is 3.15. The molecular weight excluding hydrogens is 330 g/mol. The minimum atomic E-state index is 0.0692. The van der Waals surface area contributed by atoms with Crippen molar-refractivity contribution in [2.45, 2.75) is 12.8 Å². The van der Waals surface area contributed by atoms with Crippen molar-refractivity contribution >= 4 is 11.8 Å². The average Bonchev–Trinajstić information content (AvgIpc) is 2.71. The molecule has 0 radical (unpaired) electrons. The van der Waals surface area contributed by atoms with Gasteiger partial charge in [0.05, 0.1) is 6.61 Å². The first-order chi connectivity index (χ1) is 12.8. The molecule has 2 saturated heterocycles. The molecule has 0 aliphatic carbocycles. The van der Waals surface area contributed by atoms with Gasteiger partial charge in [-0.2, -0.15) is 0 Å². The Kier molecular flexibility index (Phi) is 7.08. The number of rotatable bonds is 6. The van der Waals surface area contributed by atoms with E-state index in [0.717, 1.165) is 64.8 Å². The van der Waals surface area contributed by atoms with Crippen molar-refractivity contribution < 1.29 is 9.53 Å². The number of carbonyl (C=O) groups excluding carboxylic acids is 1. The molecule has 0 spiro atoms. The van der Waals surface area contributed by atoms with E-state index in [2.05, 4.69) is 20.1 Å². The second-order valence-electron chi connectivity index (χ2n) is 7.15. The lowest BCUT2D eigenvalue weighted by Gasteiger charge is -2.36. The second kappa shape index (κ2) is 9.73. The second-order valence-corrected chi connectivity index (χ2v) is 7.15. The van der Waals surface area contributed by atoms with Crippen molar-refractivity contribution in [3.63, 3.8) is 0 Å². The van der Waals surface area contributed by atoms with E-state index < -0.39 is 0 Å². The molecule has 1 aromatic heterocycles. The molecule has 144 valence electrons. The summed E-state index contributed by atoms with van der Waals surface area (Å²) in [6.45, 7) is 7.87. The van der Waals surface area contributed by atoms with Crippen molar-refractivity contribution in [1.29, 1.82) is 0 Å². The summed E-state index contributed by atoms with van der Waals surface area (Å²) < 4.78 is 5.17. The first kappa shape index (κ1) is 18.9. The lowest BCUT2D eigenvalue weighted by molar-refractivity contribution is 0.113. The topological polar surface area (TPSA) is 60.9 Å². The maximum Gasteiger partial charge on any atom is 0.317 e. The maximum absolute atomic E-state index is 12.5. The molecule has 26 heavy (non-hydrogen) atoms. The van der Waals surface area contributed by atoms with Gasteiger partial charge in [-0.05, 0) is 37.4 Å². The van der Waals surface area contributed by atoms with Crippen LogP contribution < -0.4 is 10.2 Å². The fourth-order valence-corrected chi connectivity index (χ4v) is 3.76. The SMILES string of the molecule is COCCN1CCC[C@@H](CNC(=O)N2CCN(c3ccccn3)CC2)C1. The number of carbonyl (C=O) groups is 1. The number of nitrogens with zero attached hydrogens (tertiary/aromatic N) is 4. The largest absolute Gasteiger partial charge is 0.383 e. The van der Waals surface area contributed by atoms with Crippen LogP contribution in [-0.4, -0.2) is 86.9 Å². The maximum atomic E-state index is 12.5. The number of piperidine rings is 1. The number of hydrogen-bond donors (Lipinski definition) is 1. The number of pyridine rings is 1. The summed E-state index contributed by atoms with van der Waals surface area (Å²) in [5.74, 6) is 1.53. The van der Waals surface area contributed by atoms with Crippen molar-refractivity contribution in [2.24, 2.45) is 5.92 Å². The molecule has 2 amide bonds. The number of anilines is 1. The highest BCUT2D eigenvalue weighted by Gasteiger charge is 2.24. The van der Waals surface area contributed by atoms with Crippen LogP contribution in [0.4, 0.5) is 10.6 Å². The summed E-state index contributed by atoms with van der Waals surface area (Å²) in [6, 6.07) is 6.02. The van der Waals surface area contributed by atoms with E-state index in [1.807, 2.05) is 29.3 Å². The average molecular weight is 361 g/mol. The van der Waals surface area contributed by atoms with Gasteiger partial charge in [-0.15, -0.1) is 0 Å². The molecule has 3 rings (SSSR count). The molecule has 7 heteroatoms. The number of urea groups is 1. The third-order valence-corrected chi connectivity index (χ3v) is 5.30. The molecular formula is C19H31N5O2. The summed E-state index contributed by atoms with van der Waals surface area (Å²) in [4.78, 5) is 23.5. The molecule has 0 bridgehead atoms. The zero-order valence-electron chi connectivity index (χ0n) is 15.8. The van der Waals surface area contributed by atoms with Crippen molar-refractivity contribution in [2.75, 3.05) is 71.0 Å². The van der Waals surface area contributed by atoms with E-state index in [-0.39, 0.29) is 6.03 Å². The highest BCUT2D eigenvalue weighted by atomic mass is 16.5. The molecule has 0 aromatic carbocycles. The molecule has 0 saturated carbocycles. The standard InChI is InChI=1S/C19H31N5O2/c1-26-14-13-22-8-4-5-17(16-22)15-21-19(25)24-11-9-23(10-12-24)18-6-2-3-7-20-18/h2-3,6-7,17H,4-5,8-16H2,1H3,(H,21,25)/t17-/m0/s1. The van der Waals surface area contributed by atoms with Crippen molar-refractivity contribution in [3.8, 4) is 0 Å². The molecule has 2 aliphatic heterocycles. The van der Waals surface area contributed by atoms with Gasteiger partial charge in [0.2, 0.25) is 0 Å². The zero-order valence-corrected chi connectivity index (χ0v) is 15.8. The van der Waals surface area contributed by atoms with Gasteiger partial charge in [0.1, 0.15) is 5.82 Å². The molecule has 3 heterocycles. The van der Waals surface area contributed by atoms with Crippen LogP contribution in [0.3, 0.4) is 0 Å². The molecule has 1 N–H and O–H groups in total. The molecule has 2 aliphatic rings. The highest BCUT2D eigenvalue weighted by molar-refractivity contribution is 5.74. The van der Waals surface area contributed by atoms with Gasteiger partial charge in [-0.3, -0.25) is 0 Å². The number of methoxy groups -OCH3 is 1. The first-order valence-corrected chi connectivity index (χ1v) is 9.66. The molecule has 2 fully saturated rings. The van der Waals surface area contributed by atoms with Crippen LogP contribution in [-0.2, 0) is 4.74 Å². The highest BCUT2D eigenvalue weighted by Crippen LogP contribution is 2.16. The van der Waals surface area contributed by atoms with E-state index in [4.69, 9.17) is 4.74 Å². The minimum Gasteiger partial charge on any atom is -0.383 e. The quantitative estimate of drug-likeness (QED) is 0.827. The fraction of sp³-hybridized carbons (Fsp3) is 0.684. The third kappa shape index (κ3) is 5.32. The number of hydrogen-bond acceptors (Lipinski definition) is 5. The summed E-state index contributed by atoms with van der Waals surface area (Å²) in [6.07, 6.45) is 4.21. The predicted molar refractivity (Wildman–Crippen MR) is 102 cm³/mol. The molecule has 0 unspecified atom stereocenters. The van der Waals surface area contributed by atoms with Gasteiger partial charge >= 0.3 is 6.03 Å².